The van der Waals surface area contributed by atoms with Crippen LogP contribution in [0.4, 0.5) is 5.69 Å². The molecular formula is C14H11ClN2O2. The lowest BCUT2D eigenvalue weighted by Gasteiger charge is -2.07. The van der Waals surface area contributed by atoms with Crippen LogP contribution in [-0.4, -0.2) is 12.5 Å². The van der Waals surface area contributed by atoms with Crippen LogP contribution < -0.4 is 11.1 Å². The Bertz CT molecular complexity index is 639. The lowest BCUT2D eigenvalue weighted by Crippen LogP contribution is -2.12. The van der Waals surface area contributed by atoms with Gasteiger partial charge in [0, 0.05) is 10.6 Å². The fourth-order valence-electron chi connectivity index (χ4n) is 1.46. The first kappa shape index (κ1) is 13.2. The second-order valence-electron chi connectivity index (χ2n) is 3.66. The highest BCUT2D eigenvalue weighted by Crippen LogP contribution is 2.21. The van der Waals surface area contributed by atoms with Crippen molar-refractivity contribution in [2.75, 3.05) is 11.9 Å². The third-order valence-corrected chi connectivity index (χ3v) is 2.57. The molecule has 0 fully saturated rings. The summed E-state index contributed by atoms with van der Waals surface area (Å²) < 4.78 is 4.86. The molecule has 1 aromatic heterocycles. The van der Waals surface area contributed by atoms with Crippen molar-refractivity contribution >= 4 is 23.2 Å². The van der Waals surface area contributed by atoms with Crippen LogP contribution >= 0.6 is 11.6 Å². The van der Waals surface area contributed by atoms with Crippen molar-refractivity contribution in [1.29, 1.82) is 0 Å². The normalized spacial score (nSPS) is 9.58. The van der Waals surface area contributed by atoms with Crippen molar-refractivity contribution in [1.82, 2.24) is 0 Å². The van der Waals surface area contributed by atoms with Gasteiger partial charge < -0.3 is 15.5 Å². The number of halogens is 1. The van der Waals surface area contributed by atoms with Gasteiger partial charge in [-0.2, -0.15) is 0 Å². The van der Waals surface area contributed by atoms with E-state index in [-0.39, 0.29) is 12.5 Å². The minimum absolute atomic E-state index is 0.248. The second-order valence-corrected chi connectivity index (χ2v) is 4.10. The Morgan fingerprint density at radius 3 is 2.95 bits per heavy atom. The van der Waals surface area contributed by atoms with E-state index < -0.39 is 0 Å². The number of nitrogens with two attached hydrogens (primary N) is 1. The summed E-state index contributed by atoms with van der Waals surface area (Å²) in [7, 11) is 0. The Labute approximate surface area is 115 Å². The monoisotopic (exact) mass is 274 g/mol. The number of amides is 1. The van der Waals surface area contributed by atoms with Crippen molar-refractivity contribution in [3.8, 4) is 11.8 Å². The molecule has 1 amide bonds. The van der Waals surface area contributed by atoms with Crippen molar-refractivity contribution in [3.63, 3.8) is 0 Å². The van der Waals surface area contributed by atoms with Gasteiger partial charge in [0.1, 0.15) is 6.26 Å². The molecule has 0 atom stereocenters. The molecule has 2 rings (SSSR count). The maximum atomic E-state index is 11.9. The zero-order valence-corrected chi connectivity index (χ0v) is 10.7. The predicted octanol–water partition coefficient (Wildman–Crippen LogP) is 2.50. The molecule has 0 saturated carbocycles. The number of rotatable bonds is 2. The molecule has 2 aromatic rings. The Balaban J connectivity index is 2.28. The first-order valence-corrected chi connectivity index (χ1v) is 5.90. The Kier molecular flexibility index (Phi) is 4.24. The number of hydrogen-bond acceptors (Lipinski definition) is 3. The molecule has 1 aromatic carbocycles. The van der Waals surface area contributed by atoms with Crippen LogP contribution in [0.2, 0.25) is 5.02 Å². The van der Waals surface area contributed by atoms with Crippen molar-refractivity contribution in [2.45, 2.75) is 0 Å². The fraction of sp³-hybridized carbons (Fsp3) is 0.0714. The summed E-state index contributed by atoms with van der Waals surface area (Å²) in [6, 6.07) is 6.65. The standard InChI is InChI=1S/C14H11ClN2O2/c15-12-4-3-10(2-1-6-16)13(8-12)17-14(18)11-5-7-19-9-11/h3-5,7-9H,6,16H2,(H,17,18). The highest BCUT2D eigenvalue weighted by Gasteiger charge is 2.09. The van der Waals surface area contributed by atoms with E-state index in [0.29, 0.717) is 21.8 Å². The summed E-state index contributed by atoms with van der Waals surface area (Å²) in [6.45, 7) is 0.248. The molecule has 0 spiro atoms. The minimum atomic E-state index is -0.285. The molecule has 5 heteroatoms. The molecule has 0 saturated heterocycles. The number of furan rings is 1. The summed E-state index contributed by atoms with van der Waals surface area (Å²) in [5, 5.41) is 3.25. The molecule has 0 radical (unpaired) electrons. The van der Waals surface area contributed by atoms with Gasteiger partial charge in [-0.05, 0) is 24.3 Å². The number of benzene rings is 1. The molecule has 0 aliphatic carbocycles. The van der Waals surface area contributed by atoms with Crippen molar-refractivity contribution < 1.29 is 9.21 Å². The van der Waals surface area contributed by atoms with Gasteiger partial charge in [-0.1, -0.05) is 23.4 Å². The van der Waals surface area contributed by atoms with Crippen LogP contribution in [0.15, 0.2) is 41.2 Å². The van der Waals surface area contributed by atoms with Crippen LogP contribution in [0.1, 0.15) is 15.9 Å². The van der Waals surface area contributed by atoms with E-state index in [1.54, 1.807) is 24.3 Å². The topological polar surface area (TPSA) is 68.3 Å². The third kappa shape index (κ3) is 3.38. The average Bonchev–Trinajstić information content (AvgIpc) is 2.92. The molecule has 3 N–H and O–H groups in total. The molecule has 0 aliphatic rings. The molecular weight excluding hydrogens is 264 g/mol. The summed E-state index contributed by atoms with van der Waals surface area (Å²) >= 11 is 5.92. The van der Waals surface area contributed by atoms with Crippen LogP contribution in [0.3, 0.4) is 0 Å². The minimum Gasteiger partial charge on any atom is -0.472 e. The van der Waals surface area contributed by atoms with E-state index in [9.17, 15) is 4.79 Å². The van der Waals surface area contributed by atoms with Gasteiger partial charge in [0.25, 0.3) is 5.91 Å². The first-order chi connectivity index (χ1) is 9.20. The highest BCUT2D eigenvalue weighted by molar-refractivity contribution is 6.31. The Hall–Kier alpha value is -2.22. The molecule has 19 heavy (non-hydrogen) atoms. The van der Waals surface area contributed by atoms with Gasteiger partial charge in [-0.25, -0.2) is 0 Å². The Morgan fingerprint density at radius 1 is 1.42 bits per heavy atom. The SMILES string of the molecule is NCC#Cc1ccc(Cl)cc1NC(=O)c1ccoc1. The smallest absolute Gasteiger partial charge is 0.258 e. The second kappa shape index (κ2) is 6.10. The van der Waals surface area contributed by atoms with E-state index in [2.05, 4.69) is 17.2 Å². The van der Waals surface area contributed by atoms with E-state index in [1.165, 1.54) is 12.5 Å². The number of hydrogen-bond donors (Lipinski definition) is 2. The number of carbonyl (C=O) groups is 1. The van der Waals surface area contributed by atoms with Crippen molar-refractivity contribution in [2.24, 2.45) is 5.73 Å². The van der Waals surface area contributed by atoms with Crippen LogP contribution in [0, 0.1) is 11.8 Å². The van der Waals surface area contributed by atoms with E-state index >= 15 is 0 Å². The number of nitrogens with one attached hydrogen (secondary N) is 1. The number of anilines is 1. The van der Waals surface area contributed by atoms with Gasteiger partial charge in [0.05, 0.1) is 24.1 Å². The molecule has 1 heterocycles. The largest absolute Gasteiger partial charge is 0.472 e. The van der Waals surface area contributed by atoms with E-state index in [4.69, 9.17) is 21.8 Å². The van der Waals surface area contributed by atoms with Gasteiger partial charge in [-0.3, -0.25) is 4.79 Å². The maximum Gasteiger partial charge on any atom is 0.258 e. The lowest BCUT2D eigenvalue weighted by atomic mass is 10.1. The lowest BCUT2D eigenvalue weighted by molar-refractivity contribution is 0.102. The molecule has 4 nitrogen and oxygen atoms in total. The van der Waals surface area contributed by atoms with Crippen LogP contribution in [-0.2, 0) is 0 Å². The third-order valence-electron chi connectivity index (χ3n) is 2.34. The van der Waals surface area contributed by atoms with Crippen LogP contribution in [0.5, 0.6) is 0 Å². The number of carbonyl (C=O) groups excluding carboxylic acids is 1. The quantitative estimate of drug-likeness (QED) is 0.827. The first-order valence-electron chi connectivity index (χ1n) is 5.53. The van der Waals surface area contributed by atoms with Crippen molar-refractivity contribution in [3.05, 3.63) is 52.9 Å². The zero-order chi connectivity index (χ0) is 13.7. The summed E-state index contributed by atoms with van der Waals surface area (Å²) in [6.07, 6.45) is 2.80. The summed E-state index contributed by atoms with van der Waals surface area (Å²) in [5.74, 6) is 5.33. The highest BCUT2D eigenvalue weighted by atomic mass is 35.5. The van der Waals surface area contributed by atoms with Gasteiger partial charge in [0.15, 0.2) is 0 Å². The Morgan fingerprint density at radius 2 is 2.26 bits per heavy atom. The average molecular weight is 275 g/mol. The van der Waals surface area contributed by atoms with E-state index in [1.807, 2.05) is 0 Å². The van der Waals surface area contributed by atoms with Gasteiger partial charge in [0.2, 0.25) is 0 Å². The van der Waals surface area contributed by atoms with Gasteiger partial charge >= 0.3 is 0 Å². The molecule has 96 valence electrons. The molecule has 0 bridgehead atoms. The summed E-state index contributed by atoms with van der Waals surface area (Å²) in [4.78, 5) is 11.9. The van der Waals surface area contributed by atoms with Crippen LogP contribution in [0.25, 0.3) is 0 Å². The molecule has 0 aliphatic heterocycles. The maximum absolute atomic E-state index is 11.9. The molecule has 0 unspecified atom stereocenters. The predicted molar refractivity (Wildman–Crippen MR) is 74.0 cm³/mol. The van der Waals surface area contributed by atoms with E-state index in [0.717, 1.165) is 0 Å². The zero-order valence-electron chi connectivity index (χ0n) is 9.94. The van der Waals surface area contributed by atoms with Gasteiger partial charge in [-0.15, -0.1) is 0 Å². The summed E-state index contributed by atoms with van der Waals surface area (Å²) in [5.41, 5.74) is 6.96. The fourth-order valence-corrected chi connectivity index (χ4v) is 1.64.